The van der Waals surface area contributed by atoms with Gasteiger partial charge < -0.3 is 18.9 Å². The van der Waals surface area contributed by atoms with Crippen molar-refractivity contribution in [3.63, 3.8) is 0 Å². The zero-order chi connectivity index (χ0) is 28.7. The summed E-state index contributed by atoms with van der Waals surface area (Å²) >= 11 is 6.72. The lowest BCUT2D eigenvalue weighted by molar-refractivity contribution is -0.131. The lowest BCUT2D eigenvalue weighted by Crippen LogP contribution is -2.11. The second kappa shape index (κ2) is 17.0. The highest BCUT2D eigenvalue weighted by atomic mass is 35.5. The van der Waals surface area contributed by atoms with Crippen LogP contribution in [-0.2, 0) is 17.6 Å². The van der Waals surface area contributed by atoms with E-state index >= 15 is 0 Å². The van der Waals surface area contributed by atoms with E-state index in [0.29, 0.717) is 47.5 Å². The van der Waals surface area contributed by atoms with Crippen molar-refractivity contribution in [3.8, 4) is 23.0 Å². The Balaban J connectivity index is 2.03. The quantitative estimate of drug-likeness (QED) is 0.0868. The minimum atomic E-state index is -0.449. The van der Waals surface area contributed by atoms with Crippen molar-refractivity contribution in [1.29, 1.82) is 0 Å². The second-order valence-corrected chi connectivity index (χ2v) is 10.6. The summed E-state index contributed by atoms with van der Waals surface area (Å²) in [5.41, 5.74) is 2.51. The van der Waals surface area contributed by atoms with E-state index in [2.05, 4.69) is 45.0 Å². The Morgan fingerprint density at radius 2 is 1.25 bits per heavy atom. The fourth-order valence-electron chi connectivity index (χ4n) is 4.65. The first kappa shape index (κ1) is 31.6. The summed E-state index contributed by atoms with van der Waals surface area (Å²) in [4.78, 5) is 12.2. The molecule has 0 heterocycles. The van der Waals surface area contributed by atoms with E-state index in [0.717, 1.165) is 69.6 Å². The van der Waals surface area contributed by atoms with Crippen LogP contribution in [0.15, 0.2) is 42.5 Å². The third-order valence-corrected chi connectivity index (χ3v) is 7.22. The van der Waals surface area contributed by atoms with Gasteiger partial charge in [0.2, 0.25) is 11.5 Å². The molecule has 0 radical (unpaired) electrons. The summed E-state index contributed by atoms with van der Waals surface area (Å²) in [6, 6.07) is 14.2. The van der Waals surface area contributed by atoms with Crippen LogP contribution in [0.1, 0.15) is 90.2 Å². The van der Waals surface area contributed by atoms with Gasteiger partial charge in [-0.2, -0.15) is 0 Å². The van der Waals surface area contributed by atoms with Gasteiger partial charge >= 0.3 is 5.97 Å². The van der Waals surface area contributed by atoms with Gasteiger partial charge in [-0.25, -0.2) is 0 Å². The smallest absolute Gasteiger partial charge is 0.308 e. The number of hydrogen-bond acceptors (Lipinski definition) is 5. The predicted octanol–water partition coefficient (Wildman–Crippen LogP) is 9.52. The Bertz CT molecular complexity index is 1210. The molecule has 0 atom stereocenters. The zero-order valence-electron chi connectivity index (χ0n) is 24.7. The minimum absolute atomic E-state index is 0.287. The Morgan fingerprint density at radius 3 is 1.82 bits per heavy atom. The standard InChI is InChI=1S/C34H45ClO5/c1-5-8-10-12-22-37-33-31(39-24-21-27-19-17-26(7-3)18-20-27)28-15-14-16-29(35)30(28)32(40-25(4)36)34(33)38-23-13-11-9-6-2/h14-20H,5-13,21-24H2,1-4H3. The number of fused-ring (bicyclic) bond motifs is 1. The van der Waals surface area contributed by atoms with Crippen molar-refractivity contribution < 1.29 is 23.7 Å². The first-order chi connectivity index (χ1) is 19.5. The van der Waals surface area contributed by atoms with Gasteiger partial charge in [-0.3, -0.25) is 4.79 Å². The van der Waals surface area contributed by atoms with E-state index in [1.54, 1.807) is 6.07 Å². The first-order valence-corrected chi connectivity index (χ1v) is 15.3. The van der Waals surface area contributed by atoms with E-state index < -0.39 is 5.97 Å². The molecule has 218 valence electrons. The molecule has 40 heavy (non-hydrogen) atoms. The molecule has 3 rings (SSSR count). The predicted molar refractivity (Wildman–Crippen MR) is 165 cm³/mol. The minimum Gasteiger partial charge on any atom is -0.489 e. The number of ether oxygens (including phenoxy) is 4. The lowest BCUT2D eigenvalue weighted by Gasteiger charge is -2.22. The van der Waals surface area contributed by atoms with Gasteiger partial charge in [0.1, 0.15) is 0 Å². The van der Waals surface area contributed by atoms with Gasteiger partial charge in [-0.05, 0) is 36.5 Å². The average Bonchev–Trinajstić information content (AvgIpc) is 2.95. The number of benzene rings is 3. The number of halogens is 1. The third-order valence-electron chi connectivity index (χ3n) is 6.91. The van der Waals surface area contributed by atoms with Crippen molar-refractivity contribution in [2.75, 3.05) is 19.8 Å². The number of esters is 1. The van der Waals surface area contributed by atoms with Crippen LogP contribution >= 0.6 is 11.6 Å². The van der Waals surface area contributed by atoms with Crippen LogP contribution in [0.25, 0.3) is 10.8 Å². The topological polar surface area (TPSA) is 54.0 Å². The fourth-order valence-corrected chi connectivity index (χ4v) is 4.91. The Hall–Kier alpha value is -2.92. The molecule has 0 bridgehead atoms. The van der Waals surface area contributed by atoms with E-state index in [-0.39, 0.29) is 5.75 Å². The van der Waals surface area contributed by atoms with Crippen LogP contribution in [0.2, 0.25) is 5.02 Å². The molecule has 0 saturated carbocycles. The lowest BCUT2D eigenvalue weighted by atomic mass is 10.1. The number of carbonyl (C=O) groups is 1. The van der Waals surface area contributed by atoms with Gasteiger partial charge in [-0.1, -0.05) is 107 Å². The van der Waals surface area contributed by atoms with E-state index in [9.17, 15) is 4.79 Å². The van der Waals surface area contributed by atoms with Gasteiger partial charge in [-0.15, -0.1) is 0 Å². The molecule has 0 fully saturated rings. The van der Waals surface area contributed by atoms with Crippen LogP contribution < -0.4 is 18.9 Å². The molecule has 0 aliphatic carbocycles. The van der Waals surface area contributed by atoms with Crippen molar-refractivity contribution in [1.82, 2.24) is 0 Å². The normalized spacial score (nSPS) is 11.0. The summed E-state index contributed by atoms with van der Waals surface area (Å²) in [7, 11) is 0. The molecular formula is C34H45ClO5. The highest BCUT2D eigenvalue weighted by Gasteiger charge is 2.27. The molecule has 0 aromatic heterocycles. The van der Waals surface area contributed by atoms with Crippen molar-refractivity contribution >= 4 is 28.3 Å². The molecule has 3 aromatic carbocycles. The summed E-state index contributed by atoms with van der Waals surface area (Å²) < 4.78 is 25.0. The van der Waals surface area contributed by atoms with Crippen LogP contribution in [0.4, 0.5) is 0 Å². The number of aryl methyl sites for hydroxylation is 1. The molecule has 0 aliphatic rings. The molecule has 0 spiro atoms. The van der Waals surface area contributed by atoms with Gasteiger partial charge in [0.15, 0.2) is 11.5 Å². The number of unbranched alkanes of at least 4 members (excludes halogenated alkanes) is 6. The molecule has 5 nitrogen and oxygen atoms in total. The molecule has 0 amide bonds. The average molecular weight is 569 g/mol. The summed E-state index contributed by atoms with van der Waals surface area (Å²) in [5, 5.41) is 1.77. The zero-order valence-corrected chi connectivity index (χ0v) is 25.4. The monoisotopic (exact) mass is 568 g/mol. The largest absolute Gasteiger partial charge is 0.489 e. The van der Waals surface area contributed by atoms with Crippen LogP contribution in [0.5, 0.6) is 23.0 Å². The van der Waals surface area contributed by atoms with Gasteiger partial charge in [0, 0.05) is 18.7 Å². The molecule has 0 N–H and O–H groups in total. The third kappa shape index (κ3) is 9.05. The maximum Gasteiger partial charge on any atom is 0.308 e. The Morgan fingerprint density at radius 1 is 0.675 bits per heavy atom. The van der Waals surface area contributed by atoms with Crippen LogP contribution in [0.3, 0.4) is 0 Å². The highest BCUT2D eigenvalue weighted by Crippen LogP contribution is 2.53. The van der Waals surface area contributed by atoms with Crippen molar-refractivity contribution in [3.05, 3.63) is 58.6 Å². The van der Waals surface area contributed by atoms with Crippen LogP contribution in [0, 0.1) is 0 Å². The highest BCUT2D eigenvalue weighted by molar-refractivity contribution is 6.36. The number of rotatable bonds is 18. The van der Waals surface area contributed by atoms with Crippen molar-refractivity contribution in [2.45, 2.75) is 91.9 Å². The molecule has 3 aromatic rings. The molecule has 6 heteroatoms. The number of hydrogen-bond donors (Lipinski definition) is 0. The molecule has 0 saturated heterocycles. The SMILES string of the molecule is CCCCCCOc1c(OCCCCCC)c(OC(C)=O)c2c(Cl)cccc2c1OCCc1ccc(CC)cc1. The van der Waals surface area contributed by atoms with Gasteiger partial charge in [0.05, 0.1) is 30.2 Å². The van der Waals surface area contributed by atoms with E-state index in [1.165, 1.54) is 18.1 Å². The summed E-state index contributed by atoms with van der Waals surface area (Å²) in [6.07, 6.45) is 10.2. The second-order valence-electron chi connectivity index (χ2n) is 10.2. The van der Waals surface area contributed by atoms with E-state index in [4.69, 9.17) is 30.5 Å². The number of carbonyl (C=O) groups excluding carboxylic acids is 1. The maximum absolute atomic E-state index is 12.2. The summed E-state index contributed by atoms with van der Waals surface area (Å²) in [6.45, 7) is 9.32. The fraction of sp³-hybridized carbons (Fsp3) is 0.500. The Kier molecular flexibility index (Phi) is 13.4. The molecule has 0 unspecified atom stereocenters. The van der Waals surface area contributed by atoms with Gasteiger partial charge in [0.25, 0.3) is 0 Å². The first-order valence-electron chi connectivity index (χ1n) is 14.9. The molecular weight excluding hydrogens is 524 g/mol. The van der Waals surface area contributed by atoms with Crippen molar-refractivity contribution in [2.24, 2.45) is 0 Å². The molecule has 0 aliphatic heterocycles. The maximum atomic E-state index is 12.2. The Labute approximate surface area is 245 Å². The summed E-state index contributed by atoms with van der Waals surface area (Å²) in [5.74, 6) is 1.26. The van der Waals surface area contributed by atoms with Crippen LogP contribution in [-0.4, -0.2) is 25.8 Å². The van der Waals surface area contributed by atoms with E-state index in [1.807, 2.05) is 12.1 Å².